The Morgan fingerprint density at radius 3 is 2.76 bits per heavy atom. The Kier molecular flexibility index (Phi) is 3.53. The number of thiazole rings is 1. The van der Waals surface area contributed by atoms with Gasteiger partial charge in [0.15, 0.2) is 9.84 Å². The lowest BCUT2D eigenvalue weighted by Crippen LogP contribution is -2.40. The zero-order valence-corrected chi connectivity index (χ0v) is 11.4. The average molecular weight is 276 g/mol. The second-order valence-corrected chi connectivity index (χ2v) is 7.51. The van der Waals surface area contributed by atoms with Crippen molar-refractivity contribution in [1.29, 1.82) is 0 Å². The van der Waals surface area contributed by atoms with Crippen molar-refractivity contribution < 1.29 is 13.5 Å². The lowest BCUT2D eigenvalue weighted by molar-refractivity contribution is 0.160. The van der Waals surface area contributed by atoms with E-state index in [0.29, 0.717) is 0 Å². The number of aliphatic hydroxyl groups is 1. The molecule has 2 N–H and O–H groups in total. The molecule has 1 fully saturated rings. The van der Waals surface area contributed by atoms with Gasteiger partial charge in [0.05, 0.1) is 23.7 Å². The summed E-state index contributed by atoms with van der Waals surface area (Å²) < 4.78 is 22.7. The fourth-order valence-corrected chi connectivity index (χ4v) is 4.52. The van der Waals surface area contributed by atoms with E-state index in [0.717, 1.165) is 10.7 Å². The van der Waals surface area contributed by atoms with E-state index in [-0.39, 0.29) is 23.6 Å². The summed E-state index contributed by atoms with van der Waals surface area (Å²) in [7, 11) is -3.10. The highest BCUT2D eigenvalue weighted by atomic mass is 32.2. The molecule has 17 heavy (non-hydrogen) atoms. The number of sulfone groups is 1. The molecule has 3 atom stereocenters. The molecule has 3 unspecified atom stereocenters. The SMILES string of the molecule is Cc1csc(C(C)NC2CS(=O)(=O)CC2O)n1. The third-order valence-electron chi connectivity index (χ3n) is 2.79. The van der Waals surface area contributed by atoms with Crippen LogP contribution >= 0.6 is 11.3 Å². The van der Waals surface area contributed by atoms with E-state index in [4.69, 9.17) is 0 Å². The summed E-state index contributed by atoms with van der Waals surface area (Å²) in [4.78, 5) is 4.34. The number of rotatable bonds is 3. The van der Waals surface area contributed by atoms with Gasteiger partial charge < -0.3 is 10.4 Å². The highest BCUT2D eigenvalue weighted by Gasteiger charge is 2.37. The monoisotopic (exact) mass is 276 g/mol. The molecule has 0 saturated carbocycles. The molecule has 2 heterocycles. The van der Waals surface area contributed by atoms with Gasteiger partial charge in [-0.1, -0.05) is 0 Å². The Balaban J connectivity index is 2.02. The Bertz CT molecular complexity index is 497. The first kappa shape index (κ1) is 12.9. The van der Waals surface area contributed by atoms with Gasteiger partial charge in [-0.05, 0) is 13.8 Å². The summed E-state index contributed by atoms with van der Waals surface area (Å²) in [6, 6.07) is -0.430. The van der Waals surface area contributed by atoms with Crippen LogP contribution in [0.5, 0.6) is 0 Å². The normalized spacial score (nSPS) is 29.4. The molecular formula is C10H16N2O3S2. The summed E-state index contributed by atoms with van der Waals surface area (Å²) in [5.41, 5.74) is 0.957. The molecule has 96 valence electrons. The number of nitrogens with zero attached hydrogens (tertiary/aromatic N) is 1. The Labute approximate surface area is 105 Å². The van der Waals surface area contributed by atoms with Gasteiger partial charge in [-0.3, -0.25) is 0 Å². The minimum absolute atomic E-state index is 0.00284. The van der Waals surface area contributed by atoms with Crippen LogP contribution in [0.4, 0.5) is 0 Å². The first-order valence-electron chi connectivity index (χ1n) is 5.44. The third-order valence-corrected chi connectivity index (χ3v) is 5.66. The fourth-order valence-electron chi connectivity index (χ4n) is 1.95. The van der Waals surface area contributed by atoms with Crippen molar-refractivity contribution in [3.05, 3.63) is 16.1 Å². The second kappa shape index (κ2) is 4.64. The highest BCUT2D eigenvalue weighted by molar-refractivity contribution is 7.91. The van der Waals surface area contributed by atoms with Crippen molar-refractivity contribution in [2.24, 2.45) is 0 Å². The molecule has 2 rings (SSSR count). The van der Waals surface area contributed by atoms with Crippen LogP contribution in [-0.4, -0.2) is 42.2 Å². The lowest BCUT2D eigenvalue weighted by atomic mass is 10.2. The van der Waals surface area contributed by atoms with Crippen molar-refractivity contribution in [3.63, 3.8) is 0 Å². The van der Waals surface area contributed by atoms with E-state index in [1.165, 1.54) is 11.3 Å². The zero-order chi connectivity index (χ0) is 12.6. The molecule has 5 nitrogen and oxygen atoms in total. The lowest BCUT2D eigenvalue weighted by Gasteiger charge is -2.19. The Hall–Kier alpha value is -0.500. The number of aliphatic hydroxyl groups excluding tert-OH is 1. The van der Waals surface area contributed by atoms with Crippen LogP contribution < -0.4 is 5.32 Å². The maximum Gasteiger partial charge on any atom is 0.154 e. The number of hydrogen-bond donors (Lipinski definition) is 2. The predicted octanol–water partition coefficient (Wildman–Crippen LogP) is 0.260. The van der Waals surface area contributed by atoms with Crippen LogP contribution in [0.25, 0.3) is 0 Å². The van der Waals surface area contributed by atoms with Crippen molar-refractivity contribution in [1.82, 2.24) is 10.3 Å². The Morgan fingerprint density at radius 1 is 1.59 bits per heavy atom. The van der Waals surface area contributed by atoms with Crippen molar-refractivity contribution in [2.75, 3.05) is 11.5 Å². The van der Waals surface area contributed by atoms with Crippen LogP contribution in [0.1, 0.15) is 23.7 Å². The van der Waals surface area contributed by atoms with Gasteiger partial charge >= 0.3 is 0 Å². The molecule has 1 aliphatic rings. The molecule has 0 radical (unpaired) electrons. The molecule has 1 saturated heterocycles. The molecule has 0 amide bonds. The van der Waals surface area contributed by atoms with Gasteiger partial charge in [-0.2, -0.15) is 0 Å². The van der Waals surface area contributed by atoms with Crippen LogP contribution in [0.15, 0.2) is 5.38 Å². The van der Waals surface area contributed by atoms with Gasteiger partial charge in [0.2, 0.25) is 0 Å². The maximum atomic E-state index is 11.4. The second-order valence-electron chi connectivity index (χ2n) is 4.47. The Morgan fingerprint density at radius 2 is 2.29 bits per heavy atom. The first-order chi connectivity index (χ1) is 7.87. The van der Waals surface area contributed by atoms with Gasteiger partial charge in [0.1, 0.15) is 5.01 Å². The first-order valence-corrected chi connectivity index (χ1v) is 8.14. The largest absolute Gasteiger partial charge is 0.390 e. The number of aromatic nitrogens is 1. The third kappa shape index (κ3) is 3.04. The highest BCUT2D eigenvalue weighted by Crippen LogP contribution is 2.21. The molecule has 0 aromatic carbocycles. The number of hydrogen-bond acceptors (Lipinski definition) is 6. The summed E-state index contributed by atoms with van der Waals surface area (Å²) >= 11 is 1.54. The minimum Gasteiger partial charge on any atom is -0.390 e. The quantitative estimate of drug-likeness (QED) is 0.828. The standard InChI is InChI=1S/C10H16N2O3S2/c1-6-3-16-10(11-6)7(2)12-8-4-17(14,15)5-9(8)13/h3,7-9,12-13H,4-5H2,1-2H3. The molecular weight excluding hydrogens is 260 g/mol. The van der Waals surface area contributed by atoms with Gasteiger partial charge in [-0.25, -0.2) is 13.4 Å². The summed E-state index contributed by atoms with van der Waals surface area (Å²) in [6.45, 7) is 3.84. The van der Waals surface area contributed by atoms with E-state index in [1.54, 1.807) is 0 Å². The molecule has 0 aliphatic carbocycles. The van der Waals surface area contributed by atoms with E-state index in [9.17, 15) is 13.5 Å². The van der Waals surface area contributed by atoms with E-state index < -0.39 is 15.9 Å². The minimum atomic E-state index is -3.10. The maximum absolute atomic E-state index is 11.4. The molecule has 1 aliphatic heterocycles. The average Bonchev–Trinajstić information content (AvgIpc) is 2.71. The summed E-state index contributed by atoms with van der Waals surface area (Å²) in [6.07, 6.45) is -0.816. The van der Waals surface area contributed by atoms with Crippen LogP contribution in [0, 0.1) is 6.92 Å². The summed E-state index contributed by atoms with van der Waals surface area (Å²) in [5.74, 6) is -0.142. The van der Waals surface area contributed by atoms with Crippen molar-refractivity contribution in [2.45, 2.75) is 32.0 Å². The molecule has 1 aromatic rings. The van der Waals surface area contributed by atoms with E-state index in [1.807, 2.05) is 19.2 Å². The molecule has 7 heteroatoms. The van der Waals surface area contributed by atoms with E-state index >= 15 is 0 Å². The molecule has 0 bridgehead atoms. The topological polar surface area (TPSA) is 79.3 Å². The molecule has 0 spiro atoms. The van der Waals surface area contributed by atoms with Gasteiger partial charge in [0, 0.05) is 17.1 Å². The number of nitrogens with one attached hydrogen (secondary N) is 1. The van der Waals surface area contributed by atoms with Gasteiger partial charge in [0.25, 0.3) is 0 Å². The van der Waals surface area contributed by atoms with Crippen LogP contribution in [-0.2, 0) is 9.84 Å². The zero-order valence-electron chi connectivity index (χ0n) is 9.75. The van der Waals surface area contributed by atoms with Crippen LogP contribution in [0.2, 0.25) is 0 Å². The van der Waals surface area contributed by atoms with E-state index in [2.05, 4.69) is 10.3 Å². The van der Waals surface area contributed by atoms with Crippen molar-refractivity contribution >= 4 is 21.2 Å². The smallest absolute Gasteiger partial charge is 0.154 e. The molecule has 1 aromatic heterocycles. The number of aryl methyl sites for hydroxylation is 1. The van der Waals surface area contributed by atoms with Crippen molar-refractivity contribution in [3.8, 4) is 0 Å². The fraction of sp³-hybridized carbons (Fsp3) is 0.700. The van der Waals surface area contributed by atoms with Gasteiger partial charge in [-0.15, -0.1) is 11.3 Å². The van der Waals surface area contributed by atoms with Crippen LogP contribution in [0.3, 0.4) is 0 Å². The predicted molar refractivity (Wildman–Crippen MR) is 66.9 cm³/mol. The summed E-state index contributed by atoms with van der Waals surface area (Å²) in [5, 5.41) is 15.7.